The van der Waals surface area contributed by atoms with E-state index in [-0.39, 0.29) is 6.32 Å². The first kappa shape index (κ1) is 31.7. The summed E-state index contributed by atoms with van der Waals surface area (Å²) in [6.07, 6.45) is -7.23. The van der Waals surface area contributed by atoms with E-state index < -0.39 is 45.6 Å². The van der Waals surface area contributed by atoms with Crippen molar-refractivity contribution in [2.75, 3.05) is 27.0 Å². The Balaban J connectivity index is -0.0000000535. The Morgan fingerprint density at radius 3 is 1.10 bits per heavy atom. The van der Waals surface area contributed by atoms with Crippen molar-refractivity contribution < 1.29 is 48.3 Å². The number of hydrogen-bond acceptors (Lipinski definition) is 1. The van der Waals surface area contributed by atoms with Gasteiger partial charge < -0.3 is 0 Å². The van der Waals surface area contributed by atoms with Crippen LogP contribution in [0.4, 0.5) is 48.3 Å². The van der Waals surface area contributed by atoms with Gasteiger partial charge in [0.15, 0.2) is 0 Å². The van der Waals surface area contributed by atoms with Gasteiger partial charge in [-0.05, 0) is 6.58 Å². The van der Waals surface area contributed by atoms with Gasteiger partial charge in [-0.15, -0.1) is 4.39 Å². The average molecular weight is 343 g/mol. The van der Waals surface area contributed by atoms with Crippen molar-refractivity contribution in [3.8, 4) is 6.32 Å². The fraction of sp³-hybridized carbons (Fsp3) is 0.667. The number of rotatable bonds is 2. The molecule has 0 spiro atoms. The summed E-state index contributed by atoms with van der Waals surface area (Å²) in [6.45, 7) is -2.54. The molecule has 0 amide bonds. The Morgan fingerprint density at radius 1 is 0.905 bits per heavy atom. The highest BCUT2D eigenvalue weighted by atomic mass is 19.4. The number of nitrogens with zero attached hydrogens (tertiary/aromatic N) is 1. The molecule has 0 aromatic rings. The molecule has 0 saturated heterocycles. The molecule has 0 unspecified atom stereocenters. The molecule has 0 fully saturated rings. The third-order valence-electron chi connectivity index (χ3n) is 0.449. The number of nitriles is 1. The first-order valence-corrected chi connectivity index (χ1v) is 4.40. The van der Waals surface area contributed by atoms with Crippen molar-refractivity contribution in [3.63, 3.8) is 0 Å². The van der Waals surface area contributed by atoms with Crippen LogP contribution in [0.1, 0.15) is 6.42 Å². The van der Waals surface area contributed by atoms with Crippen LogP contribution in [0, 0.1) is 11.6 Å². The Kier molecular flexibility index (Phi) is 46.9. The van der Waals surface area contributed by atoms with Gasteiger partial charge in [-0.25, -0.2) is 17.6 Å². The molecule has 0 aromatic heterocycles. The smallest absolute Gasteiger partial charge is 0.251 e. The molecule has 12 heteroatoms. The predicted octanol–water partition coefficient (Wildman–Crippen LogP) is 5.55. The van der Waals surface area contributed by atoms with Crippen molar-refractivity contribution in [1.29, 1.82) is 5.26 Å². The van der Waals surface area contributed by atoms with Crippen LogP contribution < -0.4 is 0 Å². The molecular formula is C9H12F11N. The molecule has 0 aliphatic carbocycles. The highest BCUT2D eigenvalue weighted by molar-refractivity contribution is 4.57. The van der Waals surface area contributed by atoms with Crippen LogP contribution in [0.2, 0.25) is 0 Å². The Hall–Kier alpha value is -1.54. The summed E-state index contributed by atoms with van der Waals surface area (Å²) in [6, 6.07) is 0. The monoisotopic (exact) mass is 343 g/mol. The maximum atomic E-state index is 10.8. The van der Waals surface area contributed by atoms with Gasteiger partial charge in [0.1, 0.15) is 13.3 Å². The molecule has 0 heterocycles. The summed E-state index contributed by atoms with van der Waals surface area (Å²) in [4.78, 5) is 0. The second-order valence-corrected chi connectivity index (χ2v) is 1.96. The highest BCUT2D eigenvalue weighted by Gasteiger charge is 2.25. The van der Waals surface area contributed by atoms with E-state index in [0.717, 1.165) is 0 Å². The van der Waals surface area contributed by atoms with Gasteiger partial charge in [-0.1, -0.05) is 0 Å². The zero-order chi connectivity index (χ0) is 18.3. The molecule has 130 valence electrons. The van der Waals surface area contributed by atoms with Crippen LogP contribution >= 0.6 is 0 Å². The van der Waals surface area contributed by atoms with E-state index >= 15 is 0 Å². The van der Waals surface area contributed by atoms with Crippen LogP contribution in [0.15, 0.2) is 12.7 Å². The Bertz CT molecular complexity index is 205. The van der Waals surface area contributed by atoms with Crippen molar-refractivity contribution in [2.24, 2.45) is 0 Å². The third kappa shape index (κ3) is 418. The lowest BCUT2D eigenvalue weighted by Crippen LogP contribution is -2.07. The summed E-state index contributed by atoms with van der Waals surface area (Å²) < 4.78 is 113. The maximum absolute atomic E-state index is 10.8. The molecule has 21 heavy (non-hydrogen) atoms. The third-order valence-corrected chi connectivity index (χ3v) is 0.449. The van der Waals surface area contributed by atoms with Crippen molar-refractivity contribution >= 4 is 0 Å². The first-order valence-electron chi connectivity index (χ1n) is 4.40. The van der Waals surface area contributed by atoms with Crippen molar-refractivity contribution in [1.82, 2.24) is 0 Å². The van der Waals surface area contributed by atoms with Gasteiger partial charge in [0.25, 0.3) is 12.4 Å². The van der Waals surface area contributed by atoms with Crippen molar-refractivity contribution in [2.45, 2.75) is 12.6 Å². The molecule has 0 N–H and O–H groups in total. The molecule has 0 bridgehead atoms. The van der Waals surface area contributed by atoms with Gasteiger partial charge in [0, 0.05) is 0 Å². The van der Waals surface area contributed by atoms with E-state index in [1.165, 1.54) is 0 Å². The molecule has 1 nitrogen and oxygen atoms in total. The lowest BCUT2D eigenvalue weighted by atomic mass is 10.5. The van der Waals surface area contributed by atoms with Crippen LogP contribution in [-0.2, 0) is 0 Å². The SMILES string of the molecule is C=C(F)F.FCCC(F)(F)F.FCCF.FCF.N#CF. The zero-order valence-corrected chi connectivity index (χ0v) is 10.3. The summed E-state index contributed by atoms with van der Waals surface area (Å²) in [5.74, 6) is 0. The quantitative estimate of drug-likeness (QED) is 0.603. The van der Waals surface area contributed by atoms with E-state index in [4.69, 9.17) is 5.26 Å². The predicted molar refractivity (Wildman–Crippen MR) is 53.8 cm³/mol. The van der Waals surface area contributed by atoms with E-state index in [0.29, 0.717) is 0 Å². The van der Waals surface area contributed by atoms with Crippen LogP contribution in [0.3, 0.4) is 0 Å². The highest BCUT2D eigenvalue weighted by Crippen LogP contribution is 2.18. The maximum Gasteiger partial charge on any atom is 0.391 e. The van der Waals surface area contributed by atoms with Gasteiger partial charge >= 0.3 is 6.18 Å². The number of halogens is 11. The second-order valence-electron chi connectivity index (χ2n) is 1.96. The summed E-state index contributed by atoms with van der Waals surface area (Å²) in [5.41, 5.74) is 0. The summed E-state index contributed by atoms with van der Waals surface area (Å²) in [7, 11) is 0. The fourth-order valence-electron chi connectivity index (χ4n) is 0.107. The Morgan fingerprint density at radius 2 is 1.10 bits per heavy atom. The molecule has 0 rings (SSSR count). The van der Waals surface area contributed by atoms with Gasteiger partial charge in [0.05, 0.1) is 13.1 Å². The van der Waals surface area contributed by atoms with Crippen molar-refractivity contribution in [3.05, 3.63) is 12.7 Å². The van der Waals surface area contributed by atoms with E-state index in [9.17, 15) is 48.3 Å². The molecule has 0 aliphatic heterocycles. The van der Waals surface area contributed by atoms with E-state index in [1.54, 1.807) is 0 Å². The van der Waals surface area contributed by atoms with E-state index in [2.05, 4.69) is 6.58 Å². The molecule has 0 aromatic carbocycles. The molecule has 0 atom stereocenters. The summed E-state index contributed by atoms with van der Waals surface area (Å²) >= 11 is 0. The van der Waals surface area contributed by atoms with Crippen LogP contribution in [0.25, 0.3) is 0 Å². The second kappa shape index (κ2) is 31.1. The standard InChI is InChI=1S/C3H4F4.C2H2F2.C2H4F2.CH2F2.CFN/c4-2-1-3(5,6)7;1-2(3)4;3-1-2-4;2*2-1-3/h1-2H2;1H2;1-2H2;1H2;. The normalized spacial score (nSPS) is 7.90. The largest absolute Gasteiger partial charge is 0.391 e. The van der Waals surface area contributed by atoms with Crippen LogP contribution in [0.5, 0.6) is 0 Å². The van der Waals surface area contributed by atoms with Gasteiger partial charge in [-0.2, -0.15) is 27.2 Å². The minimum atomic E-state index is -4.32. The number of alkyl halides is 8. The molecular weight excluding hydrogens is 331 g/mol. The zero-order valence-electron chi connectivity index (χ0n) is 10.3. The first-order chi connectivity index (χ1) is 9.54. The Labute approximate surface area is 113 Å². The lowest BCUT2D eigenvalue weighted by molar-refractivity contribution is -0.136. The number of hydrogen-bond donors (Lipinski definition) is 0. The van der Waals surface area contributed by atoms with Crippen LogP contribution in [-0.4, -0.2) is 33.1 Å². The molecule has 0 radical (unpaired) electrons. The molecule has 0 aliphatic rings. The average Bonchev–Trinajstić information content (AvgIpc) is 2.29. The minimum absolute atomic E-state index is 0.250. The fourth-order valence-corrected chi connectivity index (χ4v) is 0.107. The van der Waals surface area contributed by atoms with Gasteiger partial charge in [0.2, 0.25) is 6.93 Å². The minimum Gasteiger partial charge on any atom is -0.251 e. The van der Waals surface area contributed by atoms with Gasteiger partial charge in [-0.3, -0.25) is 4.39 Å². The summed E-state index contributed by atoms with van der Waals surface area (Å²) in [5, 5.41) is 6.65. The van der Waals surface area contributed by atoms with E-state index in [1.807, 2.05) is 0 Å². The topological polar surface area (TPSA) is 23.8 Å². The molecule has 0 saturated carbocycles. The lowest BCUT2D eigenvalue weighted by Gasteiger charge is -1.98.